The number of halogens is 1. The average molecular weight is 469 g/mol. The highest BCUT2D eigenvalue weighted by Gasteiger charge is 2.26. The van der Waals surface area contributed by atoms with Crippen LogP contribution < -0.4 is 16.0 Å². The SMILES string of the molecule is Cc1cc(OC(C)F)c(CN=C(N)c2c(C)n(C(C)C3CCOCC3)c3ccccc23)c(=O)[nH]1. The van der Waals surface area contributed by atoms with Crippen molar-refractivity contribution in [1.82, 2.24) is 9.55 Å². The van der Waals surface area contributed by atoms with E-state index in [1.807, 2.05) is 18.2 Å². The van der Waals surface area contributed by atoms with Gasteiger partial charge in [0.1, 0.15) is 11.6 Å². The summed E-state index contributed by atoms with van der Waals surface area (Å²) >= 11 is 0. The van der Waals surface area contributed by atoms with Crippen LogP contribution in [0.4, 0.5) is 4.39 Å². The van der Waals surface area contributed by atoms with Crippen LogP contribution >= 0.6 is 0 Å². The maximum Gasteiger partial charge on any atom is 0.256 e. The Balaban J connectivity index is 1.74. The van der Waals surface area contributed by atoms with Crippen LogP contribution in [0.15, 0.2) is 40.1 Å². The number of rotatable bonds is 7. The largest absolute Gasteiger partial charge is 0.460 e. The standard InChI is InChI=1S/C26H33FN4O3/c1-15-13-23(34-18(4)27)21(26(32)30-15)14-29-25(28)24-17(3)31(22-8-6-5-7-20(22)24)16(2)19-9-11-33-12-10-19/h5-8,13,16,18-19H,9-12,14H2,1-4H3,(H2,28,29)(H,30,32). The molecular formula is C26H33FN4O3. The molecule has 0 spiro atoms. The van der Waals surface area contributed by atoms with Gasteiger partial charge in [0.2, 0.25) is 6.36 Å². The number of alkyl halides is 1. The molecule has 2 unspecified atom stereocenters. The number of aromatic amines is 1. The molecule has 182 valence electrons. The lowest BCUT2D eigenvalue weighted by molar-refractivity contribution is 0.0517. The molecule has 1 fully saturated rings. The molecule has 1 aromatic carbocycles. The van der Waals surface area contributed by atoms with Gasteiger partial charge in [-0.25, -0.2) is 4.39 Å². The molecule has 3 heterocycles. The minimum absolute atomic E-state index is 0.0159. The lowest BCUT2D eigenvalue weighted by Gasteiger charge is -2.30. The second kappa shape index (κ2) is 10.0. The van der Waals surface area contributed by atoms with E-state index in [9.17, 15) is 9.18 Å². The van der Waals surface area contributed by atoms with E-state index in [-0.39, 0.29) is 29.5 Å². The number of para-hydroxylation sites is 1. The van der Waals surface area contributed by atoms with Gasteiger partial charge >= 0.3 is 0 Å². The number of hydrogen-bond donors (Lipinski definition) is 2. The van der Waals surface area contributed by atoms with Crippen molar-refractivity contribution in [2.75, 3.05) is 13.2 Å². The molecule has 1 saturated heterocycles. The summed E-state index contributed by atoms with van der Waals surface area (Å²) in [5.41, 5.74) is 9.99. The van der Waals surface area contributed by atoms with Gasteiger partial charge < -0.3 is 24.8 Å². The molecule has 0 aliphatic carbocycles. The number of aromatic nitrogens is 2. The molecule has 2 atom stereocenters. The number of H-pyrrole nitrogens is 1. The summed E-state index contributed by atoms with van der Waals surface area (Å²) in [5.74, 6) is 1.04. The quantitative estimate of drug-likeness (QED) is 0.393. The first-order valence-electron chi connectivity index (χ1n) is 11.8. The maximum atomic E-state index is 13.5. The van der Waals surface area contributed by atoms with Crippen LogP contribution in [-0.4, -0.2) is 35.0 Å². The van der Waals surface area contributed by atoms with E-state index < -0.39 is 6.36 Å². The average Bonchev–Trinajstić information content (AvgIpc) is 3.09. The van der Waals surface area contributed by atoms with Crippen molar-refractivity contribution in [3.8, 4) is 5.75 Å². The molecule has 4 rings (SSSR count). The van der Waals surface area contributed by atoms with Gasteiger partial charge in [-0.2, -0.15) is 0 Å². The molecule has 2 aromatic heterocycles. The van der Waals surface area contributed by atoms with Crippen molar-refractivity contribution in [3.63, 3.8) is 0 Å². The molecule has 1 aliphatic heterocycles. The molecule has 7 nitrogen and oxygen atoms in total. The van der Waals surface area contributed by atoms with Gasteiger partial charge in [-0.1, -0.05) is 18.2 Å². The monoisotopic (exact) mass is 468 g/mol. The van der Waals surface area contributed by atoms with Gasteiger partial charge in [0, 0.05) is 54.0 Å². The van der Waals surface area contributed by atoms with E-state index in [1.54, 1.807) is 13.0 Å². The van der Waals surface area contributed by atoms with Gasteiger partial charge in [0.15, 0.2) is 0 Å². The summed E-state index contributed by atoms with van der Waals surface area (Å²) < 4.78 is 26.7. The Morgan fingerprint density at radius 3 is 2.71 bits per heavy atom. The van der Waals surface area contributed by atoms with Crippen LogP contribution in [0.3, 0.4) is 0 Å². The number of ether oxygens (including phenoxy) is 2. The summed E-state index contributed by atoms with van der Waals surface area (Å²) in [6.45, 7) is 8.86. The molecule has 1 aliphatic rings. The zero-order chi connectivity index (χ0) is 24.4. The molecule has 0 bridgehead atoms. The predicted molar refractivity (Wildman–Crippen MR) is 132 cm³/mol. The van der Waals surface area contributed by atoms with Crippen molar-refractivity contribution in [2.45, 2.75) is 59.5 Å². The molecule has 0 amide bonds. The number of nitrogens with two attached hydrogens (primary N) is 1. The number of fused-ring (bicyclic) bond motifs is 1. The highest BCUT2D eigenvalue weighted by atomic mass is 19.1. The number of nitrogens with zero attached hydrogens (tertiary/aromatic N) is 2. The fourth-order valence-electron chi connectivity index (χ4n) is 5.01. The summed E-state index contributed by atoms with van der Waals surface area (Å²) in [4.78, 5) is 19.8. The Hall–Kier alpha value is -3.13. The molecule has 0 saturated carbocycles. The van der Waals surface area contributed by atoms with Gasteiger partial charge in [-0.05, 0) is 51.7 Å². The summed E-state index contributed by atoms with van der Waals surface area (Å²) in [5, 5.41) is 1.02. The normalized spacial score (nSPS) is 17.1. The minimum atomic E-state index is -1.55. The molecule has 0 radical (unpaired) electrons. The number of hydrogen-bond acceptors (Lipinski definition) is 4. The summed E-state index contributed by atoms with van der Waals surface area (Å²) in [6.07, 6.45) is 0.504. The van der Waals surface area contributed by atoms with Gasteiger partial charge in [0.05, 0.1) is 12.1 Å². The summed E-state index contributed by atoms with van der Waals surface area (Å²) in [7, 11) is 0. The maximum absolute atomic E-state index is 13.5. The van der Waals surface area contributed by atoms with Crippen molar-refractivity contribution >= 4 is 16.7 Å². The predicted octanol–water partition coefficient (Wildman–Crippen LogP) is 4.53. The Bertz CT molecular complexity index is 1250. The van der Waals surface area contributed by atoms with Gasteiger partial charge in [-0.3, -0.25) is 9.79 Å². The Kier molecular flexibility index (Phi) is 7.07. The van der Waals surface area contributed by atoms with Crippen LogP contribution in [0, 0.1) is 19.8 Å². The van der Waals surface area contributed by atoms with E-state index >= 15 is 0 Å². The third-order valence-corrected chi connectivity index (χ3v) is 6.69. The van der Waals surface area contributed by atoms with Crippen LogP contribution in [0.25, 0.3) is 10.9 Å². The number of aryl methyl sites for hydroxylation is 1. The Morgan fingerprint density at radius 2 is 2.00 bits per heavy atom. The Morgan fingerprint density at radius 1 is 1.29 bits per heavy atom. The van der Waals surface area contributed by atoms with Crippen molar-refractivity contribution in [2.24, 2.45) is 16.6 Å². The van der Waals surface area contributed by atoms with Crippen LogP contribution in [-0.2, 0) is 11.3 Å². The molecule has 3 N–H and O–H groups in total. The third kappa shape index (κ3) is 4.73. The van der Waals surface area contributed by atoms with E-state index in [4.69, 9.17) is 15.2 Å². The van der Waals surface area contributed by atoms with Crippen LogP contribution in [0.1, 0.15) is 55.2 Å². The first kappa shape index (κ1) is 24.0. The second-order valence-electron chi connectivity index (χ2n) is 9.02. The summed E-state index contributed by atoms with van der Waals surface area (Å²) in [6, 6.07) is 10.0. The highest BCUT2D eigenvalue weighted by Crippen LogP contribution is 2.35. The molecular weight excluding hydrogens is 435 g/mol. The number of nitrogens with one attached hydrogen (secondary N) is 1. The van der Waals surface area contributed by atoms with E-state index in [2.05, 4.69) is 34.5 Å². The van der Waals surface area contributed by atoms with Gasteiger partial charge in [0.25, 0.3) is 5.56 Å². The first-order chi connectivity index (χ1) is 16.3. The van der Waals surface area contributed by atoms with Crippen LogP contribution in [0.5, 0.6) is 5.75 Å². The zero-order valence-electron chi connectivity index (χ0n) is 20.2. The number of aliphatic imine (C=N–C) groups is 1. The molecule has 34 heavy (non-hydrogen) atoms. The lowest BCUT2D eigenvalue weighted by Crippen LogP contribution is -2.25. The Labute approximate surface area is 198 Å². The molecule has 8 heteroatoms. The van der Waals surface area contributed by atoms with E-state index in [1.165, 1.54) is 6.92 Å². The zero-order valence-corrected chi connectivity index (χ0v) is 20.2. The highest BCUT2D eigenvalue weighted by molar-refractivity contribution is 6.10. The lowest BCUT2D eigenvalue weighted by atomic mass is 9.92. The van der Waals surface area contributed by atoms with E-state index in [0.29, 0.717) is 17.4 Å². The third-order valence-electron chi connectivity index (χ3n) is 6.69. The number of amidine groups is 1. The number of pyridine rings is 1. The minimum Gasteiger partial charge on any atom is -0.460 e. The van der Waals surface area contributed by atoms with Crippen molar-refractivity contribution < 1.29 is 13.9 Å². The number of benzene rings is 1. The fraction of sp³-hybridized carbons (Fsp3) is 0.462. The second-order valence-corrected chi connectivity index (χ2v) is 9.02. The first-order valence-corrected chi connectivity index (χ1v) is 11.8. The smallest absolute Gasteiger partial charge is 0.256 e. The van der Waals surface area contributed by atoms with Crippen molar-refractivity contribution in [1.29, 1.82) is 0 Å². The fourth-order valence-corrected chi connectivity index (χ4v) is 5.01. The van der Waals surface area contributed by atoms with Gasteiger partial charge in [-0.15, -0.1) is 0 Å². The van der Waals surface area contributed by atoms with E-state index in [0.717, 1.165) is 48.2 Å². The van der Waals surface area contributed by atoms with Crippen molar-refractivity contribution in [3.05, 3.63) is 63.2 Å². The molecule has 3 aromatic rings. The van der Waals surface area contributed by atoms with Crippen LogP contribution in [0.2, 0.25) is 0 Å². The topological polar surface area (TPSA) is 94.6 Å².